The molecule has 0 aliphatic carbocycles. The first-order valence-corrected chi connectivity index (χ1v) is 6.72. The minimum Gasteiger partial charge on any atom is -0.494 e. The van der Waals surface area contributed by atoms with E-state index >= 15 is 0 Å². The molecule has 0 bridgehead atoms. The van der Waals surface area contributed by atoms with Gasteiger partial charge in [0.05, 0.1) is 18.5 Å². The van der Waals surface area contributed by atoms with Gasteiger partial charge in [-0.1, -0.05) is 0 Å². The Hall–Kier alpha value is -1.10. The van der Waals surface area contributed by atoms with Crippen LogP contribution >= 0.6 is 11.8 Å². The monoisotopic (exact) mass is 256 g/mol. The number of nitrogens with two attached hydrogens (primary N) is 1. The second-order valence-electron chi connectivity index (χ2n) is 4.17. The number of halogens is 1. The number of hydrogen-bond donors (Lipinski definition) is 1. The molecule has 1 unspecified atom stereocenters. The summed E-state index contributed by atoms with van der Waals surface area (Å²) in [6.07, 6.45) is 1.14. The lowest BCUT2D eigenvalue weighted by Crippen LogP contribution is -2.31. The summed E-state index contributed by atoms with van der Waals surface area (Å²) in [7, 11) is 3.46. The average molecular weight is 256 g/mol. The summed E-state index contributed by atoms with van der Waals surface area (Å²) < 4.78 is 18.4. The van der Waals surface area contributed by atoms with Gasteiger partial charge in [-0.2, -0.15) is 11.8 Å². The summed E-state index contributed by atoms with van der Waals surface area (Å²) in [5.41, 5.74) is 7.17. The third-order valence-electron chi connectivity index (χ3n) is 3.13. The number of hydrogen-bond acceptors (Lipinski definition) is 4. The lowest BCUT2D eigenvalue weighted by atomic mass is 10.1. The zero-order valence-electron chi connectivity index (χ0n) is 10.1. The molecule has 1 aliphatic heterocycles. The van der Waals surface area contributed by atoms with E-state index in [9.17, 15) is 4.39 Å². The number of methoxy groups -OCH3 is 1. The first-order valence-electron chi connectivity index (χ1n) is 5.57. The SMILES string of the molecule is COc1cc(N(C)C2CCSC2)c(N)cc1F. The van der Waals surface area contributed by atoms with Crippen molar-refractivity contribution in [3.63, 3.8) is 0 Å². The average Bonchev–Trinajstić information content (AvgIpc) is 2.82. The van der Waals surface area contributed by atoms with Crippen LogP contribution in [0.3, 0.4) is 0 Å². The molecule has 0 spiro atoms. The summed E-state index contributed by atoms with van der Waals surface area (Å²) >= 11 is 1.94. The molecule has 1 heterocycles. The molecule has 17 heavy (non-hydrogen) atoms. The van der Waals surface area contributed by atoms with Gasteiger partial charge in [-0.05, 0) is 12.2 Å². The van der Waals surface area contributed by atoms with Gasteiger partial charge in [-0.3, -0.25) is 0 Å². The van der Waals surface area contributed by atoms with Crippen molar-refractivity contribution in [1.82, 2.24) is 0 Å². The van der Waals surface area contributed by atoms with Crippen LogP contribution in [0.4, 0.5) is 15.8 Å². The van der Waals surface area contributed by atoms with E-state index in [4.69, 9.17) is 10.5 Å². The van der Waals surface area contributed by atoms with E-state index in [-0.39, 0.29) is 5.75 Å². The summed E-state index contributed by atoms with van der Waals surface area (Å²) in [6, 6.07) is 3.47. The van der Waals surface area contributed by atoms with E-state index in [0.29, 0.717) is 11.7 Å². The van der Waals surface area contributed by atoms with E-state index in [2.05, 4.69) is 4.90 Å². The molecule has 0 amide bonds. The summed E-state index contributed by atoms with van der Waals surface area (Å²) in [4.78, 5) is 2.12. The van der Waals surface area contributed by atoms with Gasteiger partial charge in [-0.25, -0.2) is 4.39 Å². The fourth-order valence-corrected chi connectivity index (χ4v) is 3.31. The topological polar surface area (TPSA) is 38.5 Å². The highest BCUT2D eigenvalue weighted by atomic mass is 32.2. The van der Waals surface area contributed by atoms with Crippen molar-refractivity contribution >= 4 is 23.1 Å². The lowest BCUT2D eigenvalue weighted by Gasteiger charge is -2.27. The predicted octanol–water partition coefficient (Wildman–Crippen LogP) is 2.36. The molecular weight excluding hydrogens is 239 g/mol. The number of rotatable bonds is 3. The van der Waals surface area contributed by atoms with Gasteiger partial charge in [-0.15, -0.1) is 0 Å². The van der Waals surface area contributed by atoms with Crippen LogP contribution < -0.4 is 15.4 Å². The van der Waals surface area contributed by atoms with Crippen LogP contribution in [0.5, 0.6) is 5.75 Å². The maximum absolute atomic E-state index is 13.4. The second-order valence-corrected chi connectivity index (χ2v) is 5.32. The quantitative estimate of drug-likeness (QED) is 0.843. The molecule has 1 fully saturated rings. The number of nitrogens with zero attached hydrogens (tertiary/aromatic N) is 1. The molecule has 1 aromatic rings. The Morgan fingerprint density at radius 1 is 1.53 bits per heavy atom. The molecule has 1 aromatic carbocycles. The molecule has 1 saturated heterocycles. The second kappa shape index (κ2) is 5.04. The molecular formula is C12H17FN2OS. The van der Waals surface area contributed by atoms with Crippen LogP contribution in [0, 0.1) is 5.82 Å². The number of benzene rings is 1. The number of ether oxygens (including phenoxy) is 1. The fourth-order valence-electron chi connectivity index (χ4n) is 2.04. The zero-order chi connectivity index (χ0) is 12.4. The van der Waals surface area contributed by atoms with Crippen molar-refractivity contribution in [3.8, 4) is 5.75 Å². The third kappa shape index (κ3) is 2.44. The van der Waals surface area contributed by atoms with Crippen molar-refractivity contribution in [2.45, 2.75) is 12.5 Å². The van der Waals surface area contributed by atoms with Gasteiger partial charge in [0.2, 0.25) is 0 Å². The molecule has 1 aliphatic rings. The highest BCUT2D eigenvalue weighted by Crippen LogP contribution is 2.34. The van der Waals surface area contributed by atoms with E-state index < -0.39 is 5.82 Å². The first kappa shape index (κ1) is 12.4. The number of thioether (sulfide) groups is 1. The Balaban J connectivity index is 2.30. The molecule has 0 aromatic heterocycles. The Bertz CT molecular complexity index is 408. The Morgan fingerprint density at radius 3 is 2.88 bits per heavy atom. The van der Waals surface area contributed by atoms with Gasteiger partial charge < -0.3 is 15.4 Å². The van der Waals surface area contributed by atoms with Crippen molar-refractivity contribution in [1.29, 1.82) is 0 Å². The fraction of sp³-hybridized carbons (Fsp3) is 0.500. The minimum atomic E-state index is -0.414. The maximum atomic E-state index is 13.4. The van der Waals surface area contributed by atoms with Crippen LogP contribution in [0.1, 0.15) is 6.42 Å². The van der Waals surface area contributed by atoms with Crippen LogP contribution in [0.15, 0.2) is 12.1 Å². The summed E-state index contributed by atoms with van der Waals surface area (Å²) in [6.45, 7) is 0. The molecule has 0 saturated carbocycles. The molecule has 2 rings (SSSR count). The van der Waals surface area contributed by atoms with Crippen molar-refractivity contribution < 1.29 is 9.13 Å². The molecule has 5 heteroatoms. The molecule has 3 nitrogen and oxygen atoms in total. The number of nitrogen functional groups attached to an aromatic ring is 1. The smallest absolute Gasteiger partial charge is 0.167 e. The van der Waals surface area contributed by atoms with Crippen molar-refractivity contribution in [2.24, 2.45) is 0 Å². The van der Waals surface area contributed by atoms with Gasteiger partial charge in [0.15, 0.2) is 11.6 Å². The molecule has 1 atom stereocenters. The normalized spacial score (nSPS) is 19.4. The largest absolute Gasteiger partial charge is 0.494 e. The van der Waals surface area contributed by atoms with Gasteiger partial charge >= 0.3 is 0 Å². The third-order valence-corrected chi connectivity index (χ3v) is 4.28. The lowest BCUT2D eigenvalue weighted by molar-refractivity contribution is 0.386. The molecule has 2 N–H and O–H groups in total. The van der Waals surface area contributed by atoms with Crippen LogP contribution in [0.25, 0.3) is 0 Å². The Morgan fingerprint density at radius 2 is 2.29 bits per heavy atom. The van der Waals surface area contributed by atoms with Gasteiger partial charge in [0, 0.05) is 31.0 Å². The Labute approximate surface area is 105 Å². The van der Waals surface area contributed by atoms with Crippen LogP contribution in [0.2, 0.25) is 0 Å². The highest BCUT2D eigenvalue weighted by molar-refractivity contribution is 7.99. The van der Waals surface area contributed by atoms with Crippen LogP contribution in [-0.2, 0) is 0 Å². The first-order chi connectivity index (χ1) is 8.13. The number of anilines is 2. The summed E-state index contributed by atoms with van der Waals surface area (Å²) in [5, 5.41) is 0. The summed E-state index contributed by atoms with van der Waals surface area (Å²) in [5.74, 6) is 2.10. The van der Waals surface area contributed by atoms with Crippen molar-refractivity contribution in [3.05, 3.63) is 17.9 Å². The standard InChI is InChI=1S/C12H17FN2OS/c1-15(8-3-4-17-7-8)11-6-12(16-2)9(13)5-10(11)14/h5-6,8H,3-4,7,14H2,1-2H3. The highest BCUT2D eigenvalue weighted by Gasteiger charge is 2.22. The van der Waals surface area contributed by atoms with Crippen LogP contribution in [-0.4, -0.2) is 31.7 Å². The Kier molecular flexibility index (Phi) is 3.66. The minimum absolute atomic E-state index is 0.242. The zero-order valence-corrected chi connectivity index (χ0v) is 10.9. The molecule has 94 valence electrons. The van der Waals surface area contributed by atoms with E-state index in [0.717, 1.165) is 17.9 Å². The predicted molar refractivity (Wildman–Crippen MR) is 71.5 cm³/mol. The maximum Gasteiger partial charge on any atom is 0.167 e. The van der Waals surface area contributed by atoms with E-state index in [1.807, 2.05) is 18.8 Å². The molecule has 0 radical (unpaired) electrons. The van der Waals surface area contributed by atoms with E-state index in [1.165, 1.54) is 18.9 Å². The van der Waals surface area contributed by atoms with Gasteiger partial charge in [0.1, 0.15) is 0 Å². The van der Waals surface area contributed by atoms with Gasteiger partial charge in [0.25, 0.3) is 0 Å². The van der Waals surface area contributed by atoms with Crippen molar-refractivity contribution in [2.75, 3.05) is 36.3 Å². The van der Waals surface area contributed by atoms with E-state index in [1.54, 1.807) is 6.07 Å².